The number of carbonyl (C=O) groups excluding carboxylic acids is 1. The molecule has 0 N–H and O–H groups in total. The number of aliphatic imine (C=N–C) groups is 1. The Morgan fingerprint density at radius 2 is 1.26 bits per heavy atom. The van der Waals surface area contributed by atoms with Crippen molar-refractivity contribution in [2.45, 2.75) is 6.92 Å². The van der Waals surface area contributed by atoms with Gasteiger partial charge in [0, 0.05) is 0 Å². The molecular weight excluding hydrogens is 382 g/mol. The number of hydrogen-bond donors (Lipinski definition) is 0. The second-order valence-electron chi connectivity index (χ2n) is 7.05. The second kappa shape index (κ2) is 9.53. The topological polar surface area (TPSA) is 38.7 Å². The number of esters is 1. The minimum Gasteiger partial charge on any atom is -0.423 e. The zero-order valence-electron chi connectivity index (χ0n) is 17.2. The van der Waals surface area contributed by atoms with E-state index in [1.165, 1.54) is 0 Å². The molecule has 0 aliphatic heterocycles. The average Bonchev–Trinajstić information content (AvgIpc) is 2.82. The predicted molar refractivity (Wildman–Crippen MR) is 125 cm³/mol. The van der Waals surface area contributed by atoms with Gasteiger partial charge in [-0.25, -0.2) is 9.79 Å². The molecule has 3 heteroatoms. The molecule has 0 fully saturated rings. The first kappa shape index (κ1) is 20.1. The number of ether oxygens (including phenoxy) is 1. The van der Waals surface area contributed by atoms with Crippen LogP contribution in [-0.4, -0.2) is 11.8 Å². The van der Waals surface area contributed by atoms with Gasteiger partial charge < -0.3 is 4.74 Å². The Hall–Kier alpha value is -4.20. The summed E-state index contributed by atoms with van der Waals surface area (Å²) in [7, 11) is 0. The molecule has 0 bridgehead atoms. The van der Waals surface area contributed by atoms with Gasteiger partial charge in [0.15, 0.2) is 0 Å². The van der Waals surface area contributed by atoms with E-state index < -0.39 is 5.97 Å². The smallest absolute Gasteiger partial charge is 0.345 e. The summed E-state index contributed by atoms with van der Waals surface area (Å²) in [4.78, 5) is 17.3. The van der Waals surface area contributed by atoms with E-state index in [2.05, 4.69) is 10.9 Å². The third-order valence-corrected chi connectivity index (χ3v) is 4.77. The van der Waals surface area contributed by atoms with Crippen LogP contribution in [0.4, 0.5) is 5.69 Å². The van der Waals surface area contributed by atoms with Crippen molar-refractivity contribution in [3.8, 4) is 5.75 Å². The number of nitrogens with zero attached hydrogens (tertiary/aromatic N) is 1. The first-order valence-corrected chi connectivity index (χ1v) is 10.0. The molecular formula is C28H21NO2. The molecule has 3 nitrogen and oxygen atoms in total. The van der Waals surface area contributed by atoms with E-state index in [0.717, 1.165) is 22.3 Å². The van der Waals surface area contributed by atoms with Crippen molar-refractivity contribution >= 4 is 23.1 Å². The minimum atomic E-state index is -0.453. The van der Waals surface area contributed by atoms with Gasteiger partial charge in [0.25, 0.3) is 0 Å². The van der Waals surface area contributed by atoms with E-state index in [1.807, 2.05) is 85.8 Å². The Kier molecular flexibility index (Phi) is 6.18. The minimum absolute atomic E-state index is 0.385. The molecule has 4 aromatic carbocycles. The monoisotopic (exact) mass is 403 g/mol. The quantitative estimate of drug-likeness (QED) is 0.213. The zero-order valence-corrected chi connectivity index (χ0v) is 17.2. The maximum Gasteiger partial charge on any atom is 0.345 e. The standard InChI is InChI=1S/C28H21NO2/c1-21-16-18-24(19-17-21)31-28(30)25-14-8-9-15-27(25)29-20-26(22-10-4-2-5-11-22)23-12-6-3-7-13-23/h2-19H,1H3. The van der Waals surface area contributed by atoms with Crippen LogP contribution >= 0.6 is 0 Å². The lowest BCUT2D eigenvalue weighted by molar-refractivity contribution is 0.0735. The molecule has 0 spiro atoms. The van der Waals surface area contributed by atoms with Gasteiger partial charge in [0.1, 0.15) is 5.75 Å². The van der Waals surface area contributed by atoms with Crippen molar-refractivity contribution in [1.29, 1.82) is 0 Å². The molecule has 0 unspecified atom stereocenters. The van der Waals surface area contributed by atoms with Crippen LogP contribution in [0.3, 0.4) is 0 Å². The second-order valence-corrected chi connectivity index (χ2v) is 7.05. The molecule has 0 atom stereocenters. The van der Waals surface area contributed by atoms with Crippen molar-refractivity contribution < 1.29 is 9.53 Å². The normalized spacial score (nSPS) is 10.1. The summed E-state index contributed by atoms with van der Waals surface area (Å²) in [6, 6.07) is 34.4. The van der Waals surface area contributed by atoms with Gasteiger partial charge in [-0.3, -0.25) is 0 Å². The van der Waals surface area contributed by atoms with E-state index in [9.17, 15) is 4.79 Å². The van der Waals surface area contributed by atoms with Crippen molar-refractivity contribution in [2.24, 2.45) is 4.99 Å². The highest BCUT2D eigenvalue weighted by molar-refractivity contribution is 6.01. The number of benzene rings is 4. The molecule has 0 saturated heterocycles. The summed E-state index contributed by atoms with van der Waals surface area (Å²) in [6.07, 6.45) is 0. The molecule has 4 aromatic rings. The van der Waals surface area contributed by atoms with E-state index in [1.54, 1.807) is 30.3 Å². The summed E-state index contributed by atoms with van der Waals surface area (Å²) < 4.78 is 5.54. The van der Waals surface area contributed by atoms with E-state index in [-0.39, 0.29) is 0 Å². The molecule has 0 aromatic heterocycles. The summed E-state index contributed by atoms with van der Waals surface area (Å²) in [5.41, 5.74) is 4.83. The van der Waals surface area contributed by atoms with Crippen molar-refractivity contribution in [3.63, 3.8) is 0 Å². The lowest BCUT2D eigenvalue weighted by Crippen LogP contribution is -2.08. The lowest BCUT2D eigenvalue weighted by Gasteiger charge is -2.07. The number of carbonyl (C=O) groups is 1. The molecule has 4 rings (SSSR count). The van der Waals surface area contributed by atoms with Gasteiger partial charge in [-0.05, 0) is 48.2 Å². The number of aryl methyl sites for hydroxylation is 1. The van der Waals surface area contributed by atoms with Gasteiger partial charge in [-0.15, -0.1) is 0 Å². The van der Waals surface area contributed by atoms with Crippen molar-refractivity contribution in [3.05, 3.63) is 131 Å². The van der Waals surface area contributed by atoms with Gasteiger partial charge in [0.2, 0.25) is 0 Å². The van der Waals surface area contributed by atoms with Crippen LogP contribution in [0.15, 0.2) is 114 Å². The molecule has 31 heavy (non-hydrogen) atoms. The van der Waals surface area contributed by atoms with Gasteiger partial charge >= 0.3 is 5.97 Å². The fourth-order valence-electron chi connectivity index (χ4n) is 3.13. The Balaban J connectivity index is 1.73. The van der Waals surface area contributed by atoms with Crippen molar-refractivity contribution in [2.75, 3.05) is 0 Å². The third-order valence-electron chi connectivity index (χ3n) is 4.77. The Morgan fingerprint density at radius 1 is 0.710 bits per heavy atom. The van der Waals surface area contributed by atoms with Gasteiger partial charge in [-0.1, -0.05) is 90.5 Å². The average molecular weight is 403 g/mol. The van der Waals surface area contributed by atoms with Crippen LogP contribution in [0, 0.1) is 6.92 Å². The van der Waals surface area contributed by atoms with Crippen LogP contribution < -0.4 is 4.74 Å². The molecule has 0 amide bonds. The maximum absolute atomic E-state index is 12.8. The largest absolute Gasteiger partial charge is 0.423 e. The van der Waals surface area contributed by atoms with Gasteiger partial charge in [-0.2, -0.15) is 0 Å². The maximum atomic E-state index is 12.8. The van der Waals surface area contributed by atoms with E-state index in [0.29, 0.717) is 17.0 Å². The van der Waals surface area contributed by atoms with Crippen LogP contribution in [0.5, 0.6) is 5.75 Å². The van der Waals surface area contributed by atoms with Crippen LogP contribution in [0.25, 0.3) is 5.57 Å². The predicted octanol–water partition coefficient (Wildman–Crippen LogP) is 6.65. The number of rotatable bonds is 5. The highest BCUT2D eigenvalue weighted by Crippen LogP contribution is 2.24. The van der Waals surface area contributed by atoms with Crippen LogP contribution in [0.1, 0.15) is 27.0 Å². The van der Waals surface area contributed by atoms with Crippen molar-refractivity contribution in [1.82, 2.24) is 0 Å². The Morgan fingerprint density at radius 3 is 1.87 bits per heavy atom. The molecule has 0 radical (unpaired) electrons. The SMILES string of the molecule is Cc1ccc(OC(=O)c2ccccc2N=C=C(c2ccccc2)c2ccccc2)cc1. The number of para-hydroxylation sites is 1. The fourth-order valence-corrected chi connectivity index (χ4v) is 3.13. The summed E-state index contributed by atoms with van der Waals surface area (Å²) in [5, 5.41) is 0. The Labute approximate surface area is 182 Å². The lowest BCUT2D eigenvalue weighted by atomic mass is 9.99. The molecule has 0 aliphatic rings. The van der Waals surface area contributed by atoms with E-state index >= 15 is 0 Å². The molecule has 0 saturated carbocycles. The number of hydrogen-bond acceptors (Lipinski definition) is 3. The summed E-state index contributed by atoms with van der Waals surface area (Å²) in [6.45, 7) is 1.99. The van der Waals surface area contributed by atoms with Crippen LogP contribution in [-0.2, 0) is 0 Å². The van der Waals surface area contributed by atoms with E-state index in [4.69, 9.17) is 4.74 Å². The fraction of sp³-hybridized carbons (Fsp3) is 0.0357. The molecule has 0 aliphatic carbocycles. The summed E-state index contributed by atoms with van der Waals surface area (Å²) >= 11 is 0. The highest BCUT2D eigenvalue weighted by atomic mass is 16.5. The summed E-state index contributed by atoms with van der Waals surface area (Å²) in [5.74, 6) is 3.22. The molecule has 150 valence electrons. The Bertz CT molecular complexity index is 1200. The first-order chi connectivity index (χ1) is 15.2. The zero-order chi connectivity index (χ0) is 21.5. The van der Waals surface area contributed by atoms with Gasteiger partial charge in [0.05, 0.1) is 16.8 Å². The van der Waals surface area contributed by atoms with Crippen LogP contribution in [0.2, 0.25) is 0 Å². The first-order valence-electron chi connectivity index (χ1n) is 10.0. The molecule has 0 heterocycles. The highest BCUT2D eigenvalue weighted by Gasteiger charge is 2.13. The third kappa shape index (κ3) is 5.05.